The third-order valence-electron chi connectivity index (χ3n) is 10.4. The molecule has 0 aliphatic heterocycles. The van der Waals surface area contributed by atoms with Gasteiger partial charge in [-0.15, -0.1) is 0 Å². The van der Waals surface area contributed by atoms with E-state index in [4.69, 9.17) is 4.98 Å². The third kappa shape index (κ3) is 4.55. The Morgan fingerprint density at radius 2 is 0.827 bits per heavy atom. The number of para-hydroxylation sites is 4. The van der Waals surface area contributed by atoms with E-state index in [0.29, 0.717) is 5.56 Å². The van der Waals surface area contributed by atoms with E-state index in [1.165, 1.54) is 21.5 Å². The number of hydrogen-bond donors (Lipinski definition) is 1. The smallest absolute Gasteiger partial charge is 0.142 e. The summed E-state index contributed by atoms with van der Waals surface area (Å²) in [5, 5.41) is 18.5. The topological polar surface area (TPSA) is 43.0 Å². The van der Waals surface area contributed by atoms with Crippen LogP contribution < -0.4 is 0 Å². The van der Waals surface area contributed by atoms with Gasteiger partial charge in [0.25, 0.3) is 0 Å². The quantitative estimate of drug-likeness (QED) is 0.192. The first-order valence-corrected chi connectivity index (χ1v) is 17.6. The molecule has 0 fully saturated rings. The van der Waals surface area contributed by atoms with E-state index in [9.17, 15) is 5.11 Å². The van der Waals surface area contributed by atoms with Crippen LogP contribution in [0.25, 0.3) is 66.2 Å². The maximum absolute atomic E-state index is 13.7. The van der Waals surface area contributed by atoms with E-state index in [0.717, 1.165) is 55.8 Å². The summed E-state index contributed by atoms with van der Waals surface area (Å²) in [4.78, 5) is 4.90. The first kappa shape index (κ1) is 30.1. The molecule has 0 atom stereocenters. The Balaban J connectivity index is 1.25. The third-order valence-corrected chi connectivity index (χ3v) is 10.4. The Kier molecular flexibility index (Phi) is 6.91. The molecule has 0 aliphatic carbocycles. The van der Waals surface area contributed by atoms with Crippen LogP contribution >= 0.6 is 0 Å². The molecular weight excluding hydrogens is 635 g/mol. The Bertz CT molecular complexity index is 2670. The molecule has 1 N–H and O–H groups in total. The summed E-state index contributed by atoms with van der Waals surface area (Å²) in [6, 6.07) is 64.8. The van der Waals surface area contributed by atoms with E-state index in [2.05, 4.69) is 155 Å². The number of fused-ring (bicyclic) bond motifs is 6. The van der Waals surface area contributed by atoms with Crippen LogP contribution in [0, 0.1) is 0 Å². The molecule has 10 rings (SSSR count). The number of pyridine rings is 1. The minimum Gasteiger partial charge on any atom is -0.376 e. The lowest BCUT2D eigenvalue weighted by atomic mass is 9.78. The Hall–Kier alpha value is -6.75. The summed E-state index contributed by atoms with van der Waals surface area (Å²) in [5.74, 6) is 0. The van der Waals surface area contributed by atoms with Crippen LogP contribution in [-0.4, -0.2) is 19.2 Å². The van der Waals surface area contributed by atoms with Crippen LogP contribution in [0.15, 0.2) is 194 Å². The summed E-state index contributed by atoms with van der Waals surface area (Å²) < 4.78 is 4.59. The van der Waals surface area contributed by atoms with Gasteiger partial charge in [0.15, 0.2) is 0 Å². The lowest BCUT2D eigenvalue weighted by molar-refractivity contribution is 0.126. The van der Waals surface area contributed by atoms with Gasteiger partial charge in [0.2, 0.25) is 0 Å². The fourth-order valence-corrected chi connectivity index (χ4v) is 8.14. The van der Waals surface area contributed by atoms with Crippen molar-refractivity contribution < 1.29 is 5.11 Å². The number of benzene rings is 7. The van der Waals surface area contributed by atoms with Crippen LogP contribution in [0.4, 0.5) is 0 Å². The number of hydrogen-bond acceptors (Lipinski definition) is 2. The molecule has 3 heterocycles. The summed E-state index contributed by atoms with van der Waals surface area (Å²) in [6.07, 6.45) is 1.80. The highest BCUT2D eigenvalue weighted by Gasteiger charge is 2.37. The number of rotatable bonds is 6. The molecule has 0 saturated carbocycles. The lowest BCUT2D eigenvalue weighted by Gasteiger charge is -2.32. The van der Waals surface area contributed by atoms with Crippen molar-refractivity contribution >= 4 is 43.6 Å². The van der Waals surface area contributed by atoms with Crippen LogP contribution in [0.1, 0.15) is 16.7 Å². The van der Waals surface area contributed by atoms with Crippen molar-refractivity contribution in [3.8, 4) is 22.6 Å². The van der Waals surface area contributed by atoms with Gasteiger partial charge in [0.1, 0.15) is 5.60 Å². The molecule has 3 aromatic heterocycles. The molecule has 7 aromatic carbocycles. The number of aliphatic hydroxyl groups is 1. The van der Waals surface area contributed by atoms with E-state index < -0.39 is 5.60 Å². The van der Waals surface area contributed by atoms with Crippen molar-refractivity contribution in [1.29, 1.82) is 0 Å². The van der Waals surface area contributed by atoms with Crippen LogP contribution in [0.2, 0.25) is 0 Å². The van der Waals surface area contributed by atoms with E-state index >= 15 is 0 Å². The van der Waals surface area contributed by atoms with Crippen molar-refractivity contribution in [2.24, 2.45) is 0 Å². The van der Waals surface area contributed by atoms with Crippen molar-refractivity contribution in [2.45, 2.75) is 5.60 Å². The second kappa shape index (κ2) is 11.9. The van der Waals surface area contributed by atoms with Crippen LogP contribution in [0.3, 0.4) is 0 Å². The SMILES string of the molecule is OC(c1cccc(-n2c3ccccc3c3ccccc32)c1)(c1cccc(-n2c3ccccc3c3ccccc32)c1)c1cccnc1-c1ccccc1. The van der Waals surface area contributed by atoms with Gasteiger partial charge in [-0.25, -0.2) is 0 Å². The molecule has 0 aliphatic rings. The van der Waals surface area contributed by atoms with Gasteiger partial charge in [-0.05, 0) is 65.7 Å². The van der Waals surface area contributed by atoms with Gasteiger partial charge in [-0.2, -0.15) is 0 Å². The molecule has 10 aromatic rings. The second-order valence-corrected chi connectivity index (χ2v) is 13.3. The Labute approximate surface area is 301 Å². The molecule has 4 nitrogen and oxygen atoms in total. The minimum atomic E-state index is -1.58. The van der Waals surface area contributed by atoms with Crippen molar-refractivity contribution in [1.82, 2.24) is 14.1 Å². The molecule has 0 spiro atoms. The zero-order valence-electron chi connectivity index (χ0n) is 28.3. The van der Waals surface area contributed by atoms with Crippen LogP contribution in [0.5, 0.6) is 0 Å². The summed E-state index contributed by atoms with van der Waals surface area (Å²) >= 11 is 0. The van der Waals surface area contributed by atoms with E-state index in [1.54, 1.807) is 6.20 Å². The summed E-state index contributed by atoms with van der Waals surface area (Å²) in [7, 11) is 0. The molecule has 0 unspecified atom stereocenters. The second-order valence-electron chi connectivity index (χ2n) is 13.3. The summed E-state index contributed by atoms with van der Waals surface area (Å²) in [5.41, 5.74) is 8.69. The molecule has 0 bridgehead atoms. The Morgan fingerprint density at radius 1 is 0.404 bits per heavy atom. The molecule has 246 valence electrons. The van der Waals surface area contributed by atoms with Crippen molar-refractivity contribution in [3.05, 3.63) is 211 Å². The van der Waals surface area contributed by atoms with Gasteiger partial charge in [-0.1, -0.05) is 133 Å². The highest BCUT2D eigenvalue weighted by atomic mass is 16.3. The number of aromatic nitrogens is 3. The average Bonchev–Trinajstić information content (AvgIpc) is 3.74. The van der Waals surface area contributed by atoms with Gasteiger partial charge in [0.05, 0.1) is 27.8 Å². The van der Waals surface area contributed by atoms with Crippen molar-refractivity contribution in [3.63, 3.8) is 0 Å². The van der Waals surface area contributed by atoms with Crippen LogP contribution in [-0.2, 0) is 5.60 Å². The van der Waals surface area contributed by atoms with Gasteiger partial charge >= 0.3 is 0 Å². The predicted molar refractivity (Wildman–Crippen MR) is 213 cm³/mol. The predicted octanol–water partition coefficient (Wildman–Crippen LogP) is 11.2. The first-order valence-electron chi connectivity index (χ1n) is 17.6. The molecule has 0 saturated heterocycles. The van der Waals surface area contributed by atoms with E-state index in [-0.39, 0.29) is 0 Å². The van der Waals surface area contributed by atoms with Gasteiger partial charge in [-0.3, -0.25) is 4.98 Å². The standard InChI is InChI=1S/C48H33N3O/c52-48(42-25-14-30-49-47(42)33-15-2-1-3-16-33,34-17-12-19-36(31-34)50-43-26-8-4-21-38(43)39-22-5-9-27-44(39)50)35-18-13-20-37(32-35)51-45-28-10-6-23-40(45)41-24-7-11-29-46(41)51/h1-32,52H. The highest BCUT2D eigenvalue weighted by molar-refractivity contribution is 6.10. The first-order chi connectivity index (χ1) is 25.7. The molecule has 52 heavy (non-hydrogen) atoms. The molecular formula is C48H33N3O. The monoisotopic (exact) mass is 667 g/mol. The molecule has 0 radical (unpaired) electrons. The largest absolute Gasteiger partial charge is 0.376 e. The zero-order valence-corrected chi connectivity index (χ0v) is 28.3. The fourth-order valence-electron chi connectivity index (χ4n) is 8.14. The summed E-state index contributed by atoms with van der Waals surface area (Å²) in [6.45, 7) is 0. The lowest BCUT2D eigenvalue weighted by Crippen LogP contribution is -2.30. The normalized spacial score (nSPS) is 11.9. The maximum atomic E-state index is 13.7. The highest BCUT2D eigenvalue weighted by Crippen LogP contribution is 2.43. The molecule has 0 amide bonds. The van der Waals surface area contributed by atoms with E-state index in [1.807, 2.05) is 42.5 Å². The maximum Gasteiger partial charge on any atom is 0.142 e. The van der Waals surface area contributed by atoms with Crippen molar-refractivity contribution in [2.75, 3.05) is 0 Å². The Morgan fingerprint density at radius 3 is 1.29 bits per heavy atom. The average molecular weight is 668 g/mol. The van der Waals surface area contributed by atoms with Gasteiger partial charge < -0.3 is 14.2 Å². The zero-order chi connectivity index (χ0) is 34.6. The fraction of sp³-hybridized carbons (Fsp3) is 0.0208. The minimum absolute atomic E-state index is 0.708. The number of nitrogens with zero attached hydrogens (tertiary/aromatic N) is 3. The van der Waals surface area contributed by atoms with Gasteiger partial charge in [0, 0.05) is 50.2 Å². The molecule has 4 heteroatoms.